The third-order valence-electron chi connectivity index (χ3n) is 4.47. The van der Waals surface area contributed by atoms with E-state index in [0.29, 0.717) is 5.92 Å². The Morgan fingerprint density at radius 2 is 2.25 bits per heavy atom. The molecule has 1 saturated heterocycles. The van der Waals surface area contributed by atoms with Gasteiger partial charge in [-0.3, -0.25) is 9.69 Å². The molecule has 0 bridgehead atoms. The molecule has 0 saturated carbocycles. The molecule has 0 aliphatic carbocycles. The van der Waals surface area contributed by atoms with Crippen molar-refractivity contribution in [1.82, 2.24) is 15.2 Å². The number of carbonyl (C=O) groups is 1. The standard InChI is InChI=1S/C18H22FN3OS/c1-12-10-22(11-14-9-20-13(2)24-14)8-7-17(12)21-18(23)15-5-3-4-6-16(15)19/h3-6,9,12,17H,7-8,10-11H2,1-2H3,(H,21,23)/t12-,17+/m1/s1. The maximum Gasteiger partial charge on any atom is 0.254 e. The van der Waals surface area contributed by atoms with Gasteiger partial charge in [0.15, 0.2) is 0 Å². The molecular weight excluding hydrogens is 325 g/mol. The highest BCUT2D eigenvalue weighted by Gasteiger charge is 2.28. The number of amides is 1. The van der Waals surface area contributed by atoms with E-state index in [1.807, 2.05) is 13.1 Å². The lowest BCUT2D eigenvalue weighted by molar-refractivity contribution is 0.0857. The molecular formula is C18H22FN3OS. The smallest absolute Gasteiger partial charge is 0.254 e. The maximum atomic E-state index is 13.7. The van der Waals surface area contributed by atoms with Crippen LogP contribution in [0.25, 0.3) is 0 Å². The van der Waals surface area contributed by atoms with Gasteiger partial charge in [-0.1, -0.05) is 19.1 Å². The van der Waals surface area contributed by atoms with Crippen molar-refractivity contribution >= 4 is 17.2 Å². The molecule has 0 unspecified atom stereocenters. The molecule has 3 rings (SSSR count). The quantitative estimate of drug-likeness (QED) is 0.924. The van der Waals surface area contributed by atoms with Crippen LogP contribution >= 0.6 is 11.3 Å². The molecule has 128 valence electrons. The molecule has 1 N–H and O–H groups in total. The Labute approximate surface area is 145 Å². The fraction of sp³-hybridized carbons (Fsp3) is 0.444. The third-order valence-corrected chi connectivity index (χ3v) is 5.37. The first kappa shape index (κ1) is 17.0. The van der Waals surface area contributed by atoms with Gasteiger partial charge in [0.2, 0.25) is 0 Å². The number of piperidine rings is 1. The van der Waals surface area contributed by atoms with Crippen LogP contribution in [-0.4, -0.2) is 34.9 Å². The van der Waals surface area contributed by atoms with Crippen LogP contribution in [0.4, 0.5) is 4.39 Å². The fourth-order valence-corrected chi connectivity index (χ4v) is 4.02. The minimum absolute atomic E-state index is 0.0801. The van der Waals surface area contributed by atoms with Crippen LogP contribution in [0.15, 0.2) is 30.5 Å². The minimum atomic E-state index is -0.472. The van der Waals surface area contributed by atoms with Crippen LogP contribution in [0.2, 0.25) is 0 Å². The summed E-state index contributed by atoms with van der Waals surface area (Å²) in [6, 6.07) is 6.20. The summed E-state index contributed by atoms with van der Waals surface area (Å²) >= 11 is 1.73. The second-order valence-corrected chi connectivity index (χ2v) is 7.73. The molecule has 2 heterocycles. The van der Waals surface area contributed by atoms with Crippen molar-refractivity contribution in [2.24, 2.45) is 5.92 Å². The molecule has 1 aliphatic heterocycles. The topological polar surface area (TPSA) is 45.2 Å². The van der Waals surface area contributed by atoms with E-state index in [9.17, 15) is 9.18 Å². The average Bonchev–Trinajstić information content (AvgIpc) is 2.95. The first-order chi connectivity index (χ1) is 11.5. The summed E-state index contributed by atoms with van der Waals surface area (Å²) in [4.78, 5) is 20.2. The Balaban J connectivity index is 1.56. The number of rotatable bonds is 4. The van der Waals surface area contributed by atoms with Gasteiger partial charge in [0.1, 0.15) is 5.82 Å². The van der Waals surface area contributed by atoms with Crippen molar-refractivity contribution in [3.8, 4) is 0 Å². The number of halogens is 1. The predicted molar refractivity (Wildman–Crippen MR) is 93.6 cm³/mol. The molecule has 1 aromatic carbocycles. The molecule has 1 aliphatic rings. The van der Waals surface area contributed by atoms with Gasteiger partial charge < -0.3 is 5.32 Å². The van der Waals surface area contributed by atoms with Crippen molar-refractivity contribution in [1.29, 1.82) is 0 Å². The fourth-order valence-electron chi connectivity index (χ4n) is 3.18. The Morgan fingerprint density at radius 3 is 2.92 bits per heavy atom. The largest absolute Gasteiger partial charge is 0.349 e. The van der Waals surface area contributed by atoms with Gasteiger partial charge in [0.25, 0.3) is 5.91 Å². The molecule has 1 aromatic heterocycles. The SMILES string of the molecule is Cc1ncc(CN2CC[C@H](NC(=O)c3ccccc3F)[C@H](C)C2)s1. The molecule has 0 spiro atoms. The lowest BCUT2D eigenvalue weighted by atomic mass is 9.93. The molecule has 24 heavy (non-hydrogen) atoms. The number of aromatic nitrogens is 1. The number of benzene rings is 1. The molecule has 2 aromatic rings. The van der Waals surface area contributed by atoms with Crippen LogP contribution in [0.5, 0.6) is 0 Å². The zero-order valence-corrected chi connectivity index (χ0v) is 14.8. The minimum Gasteiger partial charge on any atom is -0.349 e. The Bertz CT molecular complexity index is 718. The molecule has 0 radical (unpaired) electrons. The molecule has 2 atom stereocenters. The second-order valence-electron chi connectivity index (χ2n) is 6.41. The highest BCUT2D eigenvalue weighted by Crippen LogP contribution is 2.21. The van der Waals surface area contributed by atoms with E-state index < -0.39 is 5.82 Å². The molecule has 4 nitrogen and oxygen atoms in total. The number of nitrogens with one attached hydrogen (secondary N) is 1. The number of aryl methyl sites for hydroxylation is 1. The van der Waals surface area contributed by atoms with E-state index in [2.05, 4.69) is 22.1 Å². The Morgan fingerprint density at radius 1 is 1.46 bits per heavy atom. The third kappa shape index (κ3) is 3.99. The molecule has 6 heteroatoms. The van der Waals surface area contributed by atoms with Gasteiger partial charge in [-0.15, -0.1) is 11.3 Å². The summed E-state index contributed by atoms with van der Waals surface area (Å²) in [7, 11) is 0. The molecule has 1 amide bonds. The van der Waals surface area contributed by atoms with E-state index in [-0.39, 0.29) is 17.5 Å². The summed E-state index contributed by atoms with van der Waals surface area (Å²) in [6.45, 7) is 6.89. The zero-order valence-electron chi connectivity index (χ0n) is 14.0. The number of hydrogen-bond acceptors (Lipinski definition) is 4. The summed E-state index contributed by atoms with van der Waals surface area (Å²) in [5, 5.41) is 4.09. The Hall–Kier alpha value is -1.79. The highest BCUT2D eigenvalue weighted by atomic mass is 32.1. The maximum absolute atomic E-state index is 13.7. The predicted octanol–water partition coefficient (Wildman–Crippen LogP) is 3.23. The second kappa shape index (κ2) is 7.40. The molecule has 1 fully saturated rings. The van der Waals surface area contributed by atoms with Crippen molar-refractivity contribution in [3.63, 3.8) is 0 Å². The van der Waals surface area contributed by atoms with Crippen molar-refractivity contribution in [3.05, 3.63) is 51.7 Å². The van der Waals surface area contributed by atoms with Gasteiger partial charge >= 0.3 is 0 Å². The van der Waals surface area contributed by atoms with E-state index in [1.165, 1.54) is 17.0 Å². The van der Waals surface area contributed by atoms with Gasteiger partial charge in [-0.2, -0.15) is 0 Å². The van der Waals surface area contributed by atoms with E-state index in [4.69, 9.17) is 0 Å². The highest BCUT2D eigenvalue weighted by molar-refractivity contribution is 7.11. The van der Waals surface area contributed by atoms with Crippen LogP contribution < -0.4 is 5.32 Å². The van der Waals surface area contributed by atoms with Crippen molar-refractivity contribution in [2.75, 3.05) is 13.1 Å². The van der Waals surface area contributed by atoms with E-state index in [1.54, 1.807) is 23.5 Å². The number of nitrogens with zero attached hydrogens (tertiary/aromatic N) is 2. The van der Waals surface area contributed by atoms with Crippen LogP contribution in [-0.2, 0) is 6.54 Å². The van der Waals surface area contributed by atoms with E-state index >= 15 is 0 Å². The zero-order chi connectivity index (χ0) is 17.1. The number of likely N-dealkylation sites (tertiary alicyclic amines) is 1. The van der Waals surface area contributed by atoms with E-state index in [0.717, 1.165) is 31.1 Å². The van der Waals surface area contributed by atoms with Gasteiger partial charge in [0, 0.05) is 36.8 Å². The lowest BCUT2D eigenvalue weighted by Crippen LogP contribution is -2.49. The van der Waals surface area contributed by atoms with Crippen LogP contribution in [0.1, 0.15) is 33.6 Å². The normalized spacial score (nSPS) is 21.6. The lowest BCUT2D eigenvalue weighted by Gasteiger charge is -2.37. The summed E-state index contributed by atoms with van der Waals surface area (Å²) in [5.41, 5.74) is 0.118. The summed E-state index contributed by atoms with van der Waals surface area (Å²) in [6.07, 6.45) is 2.82. The first-order valence-corrected chi connectivity index (χ1v) is 9.03. The van der Waals surface area contributed by atoms with Crippen LogP contribution in [0.3, 0.4) is 0 Å². The monoisotopic (exact) mass is 347 g/mol. The van der Waals surface area contributed by atoms with Crippen molar-refractivity contribution < 1.29 is 9.18 Å². The number of thiazole rings is 1. The van der Waals surface area contributed by atoms with Crippen molar-refractivity contribution in [2.45, 2.75) is 32.9 Å². The number of hydrogen-bond donors (Lipinski definition) is 1. The summed E-state index contributed by atoms with van der Waals surface area (Å²) < 4.78 is 13.7. The Kier molecular flexibility index (Phi) is 5.26. The van der Waals surface area contributed by atoms with Crippen LogP contribution in [0, 0.1) is 18.7 Å². The average molecular weight is 347 g/mol. The first-order valence-electron chi connectivity index (χ1n) is 8.22. The van der Waals surface area contributed by atoms with Gasteiger partial charge in [-0.05, 0) is 31.4 Å². The number of carbonyl (C=O) groups excluding carboxylic acids is 1. The summed E-state index contributed by atoms with van der Waals surface area (Å²) in [5.74, 6) is -0.472. The van der Waals surface area contributed by atoms with Gasteiger partial charge in [-0.25, -0.2) is 9.37 Å². The van der Waals surface area contributed by atoms with Gasteiger partial charge in [0.05, 0.1) is 10.6 Å².